The number of rotatable bonds is 3. The molecule has 0 aliphatic rings. The number of carbonyl (C=O) groups is 1. The average Bonchev–Trinajstić information content (AvgIpc) is 2.98. The quantitative estimate of drug-likeness (QED) is 0.681. The lowest BCUT2D eigenvalue weighted by atomic mass is 10.0. The molecule has 3 rings (SSSR count). The van der Waals surface area contributed by atoms with Gasteiger partial charge in [0.05, 0.1) is 0 Å². The van der Waals surface area contributed by atoms with Crippen molar-refractivity contribution in [1.29, 1.82) is 0 Å². The Morgan fingerprint density at radius 1 is 1.00 bits per heavy atom. The van der Waals surface area contributed by atoms with Gasteiger partial charge in [0.15, 0.2) is 5.69 Å². The number of hydrogen-bond donors (Lipinski definition) is 3. The van der Waals surface area contributed by atoms with Crippen LogP contribution in [-0.4, -0.2) is 26.4 Å². The standard InChI is InChI=1S/C15H12N4O2/c16-15(21)14-13(17-19-18-14)11-3-1-2-10(8-11)9-4-6-12(20)7-5-9/h1-8,20H,(H2,16,21)(H,17,18,19). The first-order valence-electron chi connectivity index (χ1n) is 6.25. The monoisotopic (exact) mass is 280 g/mol. The number of nitrogens with zero attached hydrogens (tertiary/aromatic N) is 2. The molecule has 0 spiro atoms. The summed E-state index contributed by atoms with van der Waals surface area (Å²) in [5.74, 6) is -0.420. The van der Waals surface area contributed by atoms with Crippen molar-refractivity contribution in [2.75, 3.05) is 0 Å². The van der Waals surface area contributed by atoms with Crippen LogP contribution in [0.4, 0.5) is 0 Å². The van der Waals surface area contributed by atoms with Crippen molar-refractivity contribution in [3.8, 4) is 28.1 Å². The Hall–Kier alpha value is -3.15. The van der Waals surface area contributed by atoms with E-state index in [2.05, 4.69) is 15.4 Å². The summed E-state index contributed by atoms with van der Waals surface area (Å²) in [5.41, 5.74) is 8.42. The number of phenolic OH excluding ortho intramolecular Hbond substituents is 1. The molecule has 4 N–H and O–H groups in total. The van der Waals surface area contributed by atoms with Crippen molar-refractivity contribution in [2.24, 2.45) is 5.73 Å². The molecule has 2 aromatic carbocycles. The molecule has 0 bridgehead atoms. The van der Waals surface area contributed by atoms with Crippen LogP contribution in [-0.2, 0) is 0 Å². The smallest absolute Gasteiger partial charge is 0.271 e. The number of primary amides is 1. The zero-order valence-electron chi connectivity index (χ0n) is 10.9. The van der Waals surface area contributed by atoms with Gasteiger partial charge < -0.3 is 10.8 Å². The van der Waals surface area contributed by atoms with Gasteiger partial charge in [-0.15, -0.1) is 0 Å². The molecule has 0 unspecified atom stereocenters. The largest absolute Gasteiger partial charge is 0.508 e. The Morgan fingerprint density at radius 3 is 2.43 bits per heavy atom. The van der Waals surface area contributed by atoms with Crippen LogP contribution < -0.4 is 5.73 Å². The minimum Gasteiger partial charge on any atom is -0.508 e. The minimum atomic E-state index is -0.631. The number of aromatic amines is 1. The highest BCUT2D eigenvalue weighted by Gasteiger charge is 2.15. The van der Waals surface area contributed by atoms with E-state index in [1.165, 1.54) is 0 Å². The molecule has 1 amide bonds. The number of aromatic hydroxyl groups is 1. The van der Waals surface area contributed by atoms with Gasteiger partial charge in [0.2, 0.25) is 0 Å². The highest BCUT2D eigenvalue weighted by molar-refractivity contribution is 5.96. The molecule has 1 heterocycles. The molecule has 0 aliphatic carbocycles. The minimum absolute atomic E-state index is 0.109. The Bertz CT molecular complexity index is 793. The lowest BCUT2D eigenvalue weighted by molar-refractivity contribution is 0.0996. The van der Waals surface area contributed by atoms with Crippen LogP contribution in [0.2, 0.25) is 0 Å². The molecule has 0 aliphatic heterocycles. The highest BCUT2D eigenvalue weighted by atomic mass is 16.3. The van der Waals surface area contributed by atoms with Crippen molar-refractivity contribution in [1.82, 2.24) is 15.4 Å². The van der Waals surface area contributed by atoms with Crippen molar-refractivity contribution in [3.63, 3.8) is 0 Å². The number of hydrogen-bond acceptors (Lipinski definition) is 4. The van der Waals surface area contributed by atoms with Gasteiger partial charge in [-0.05, 0) is 29.3 Å². The number of benzene rings is 2. The summed E-state index contributed by atoms with van der Waals surface area (Å²) in [4.78, 5) is 11.3. The van der Waals surface area contributed by atoms with E-state index in [0.717, 1.165) is 16.7 Å². The molecule has 21 heavy (non-hydrogen) atoms. The van der Waals surface area contributed by atoms with E-state index in [1.807, 2.05) is 36.4 Å². The molecule has 0 saturated carbocycles. The van der Waals surface area contributed by atoms with Crippen LogP contribution in [0.3, 0.4) is 0 Å². The third-order valence-electron chi connectivity index (χ3n) is 3.12. The molecule has 1 aromatic heterocycles. The predicted molar refractivity (Wildman–Crippen MR) is 77.4 cm³/mol. The topological polar surface area (TPSA) is 105 Å². The van der Waals surface area contributed by atoms with Gasteiger partial charge in [0.25, 0.3) is 5.91 Å². The maximum absolute atomic E-state index is 11.3. The SMILES string of the molecule is NC(=O)c1n[nH]nc1-c1cccc(-c2ccc(O)cc2)c1. The zero-order chi connectivity index (χ0) is 14.8. The first kappa shape index (κ1) is 12.9. The molecule has 0 saturated heterocycles. The maximum atomic E-state index is 11.3. The molecule has 0 fully saturated rings. The normalized spacial score (nSPS) is 10.5. The van der Waals surface area contributed by atoms with Crippen molar-refractivity contribution >= 4 is 5.91 Å². The molecule has 6 heteroatoms. The van der Waals surface area contributed by atoms with Crippen molar-refractivity contribution < 1.29 is 9.90 Å². The van der Waals surface area contributed by atoms with Crippen LogP contribution in [0.25, 0.3) is 22.4 Å². The van der Waals surface area contributed by atoms with Crippen LogP contribution in [0.1, 0.15) is 10.5 Å². The third kappa shape index (κ3) is 2.46. The molecule has 3 aromatic rings. The van der Waals surface area contributed by atoms with Gasteiger partial charge in [-0.1, -0.05) is 30.3 Å². The van der Waals surface area contributed by atoms with Gasteiger partial charge in [-0.25, -0.2) is 0 Å². The van der Waals surface area contributed by atoms with Gasteiger partial charge in [0.1, 0.15) is 11.4 Å². The molecular weight excluding hydrogens is 268 g/mol. The zero-order valence-corrected chi connectivity index (χ0v) is 10.9. The second-order valence-corrected chi connectivity index (χ2v) is 4.51. The number of nitrogens with one attached hydrogen (secondary N) is 1. The first-order chi connectivity index (χ1) is 10.1. The van der Waals surface area contributed by atoms with E-state index in [4.69, 9.17) is 5.73 Å². The van der Waals surface area contributed by atoms with E-state index in [-0.39, 0.29) is 11.4 Å². The molecular formula is C15H12N4O2. The number of H-pyrrole nitrogens is 1. The summed E-state index contributed by atoms with van der Waals surface area (Å²) < 4.78 is 0. The fourth-order valence-corrected chi connectivity index (χ4v) is 2.10. The van der Waals surface area contributed by atoms with E-state index in [0.29, 0.717) is 5.69 Å². The second-order valence-electron chi connectivity index (χ2n) is 4.51. The molecule has 0 radical (unpaired) electrons. The maximum Gasteiger partial charge on any atom is 0.271 e. The Labute approximate surface area is 120 Å². The molecule has 6 nitrogen and oxygen atoms in total. The highest BCUT2D eigenvalue weighted by Crippen LogP contribution is 2.27. The average molecular weight is 280 g/mol. The summed E-state index contributed by atoms with van der Waals surface area (Å²) in [5, 5.41) is 19.5. The van der Waals surface area contributed by atoms with Crippen molar-refractivity contribution in [2.45, 2.75) is 0 Å². The van der Waals surface area contributed by atoms with Crippen LogP contribution in [0, 0.1) is 0 Å². The Balaban J connectivity index is 2.06. The summed E-state index contributed by atoms with van der Waals surface area (Å²) >= 11 is 0. The third-order valence-corrected chi connectivity index (χ3v) is 3.12. The fourth-order valence-electron chi connectivity index (χ4n) is 2.10. The molecule has 0 atom stereocenters. The Morgan fingerprint density at radius 2 is 1.71 bits per heavy atom. The fraction of sp³-hybridized carbons (Fsp3) is 0. The van der Waals surface area contributed by atoms with Crippen molar-refractivity contribution in [3.05, 3.63) is 54.2 Å². The predicted octanol–water partition coefficient (Wildman–Crippen LogP) is 1.94. The molecule has 104 valence electrons. The number of nitrogens with two attached hydrogens (primary N) is 1. The van der Waals surface area contributed by atoms with Crippen LogP contribution >= 0.6 is 0 Å². The van der Waals surface area contributed by atoms with Crippen LogP contribution in [0.5, 0.6) is 5.75 Å². The summed E-state index contributed by atoms with van der Waals surface area (Å²) in [6.07, 6.45) is 0. The summed E-state index contributed by atoms with van der Waals surface area (Å²) in [6, 6.07) is 14.4. The number of carbonyl (C=O) groups excluding carboxylic acids is 1. The van der Waals surface area contributed by atoms with E-state index in [9.17, 15) is 9.90 Å². The number of aromatic nitrogens is 3. The number of amides is 1. The summed E-state index contributed by atoms with van der Waals surface area (Å²) in [6.45, 7) is 0. The second kappa shape index (κ2) is 5.09. The van der Waals surface area contributed by atoms with Gasteiger partial charge in [0, 0.05) is 5.56 Å². The van der Waals surface area contributed by atoms with E-state index in [1.54, 1.807) is 12.1 Å². The lowest BCUT2D eigenvalue weighted by Crippen LogP contribution is -2.12. The van der Waals surface area contributed by atoms with Gasteiger partial charge in [-0.2, -0.15) is 15.4 Å². The van der Waals surface area contributed by atoms with Gasteiger partial charge in [-0.3, -0.25) is 4.79 Å². The van der Waals surface area contributed by atoms with E-state index < -0.39 is 5.91 Å². The van der Waals surface area contributed by atoms with E-state index >= 15 is 0 Å². The number of phenols is 1. The van der Waals surface area contributed by atoms with Crippen LogP contribution in [0.15, 0.2) is 48.5 Å². The Kier molecular flexibility index (Phi) is 3.12. The summed E-state index contributed by atoms with van der Waals surface area (Å²) in [7, 11) is 0. The van der Waals surface area contributed by atoms with Gasteiger partial charge >= 0.3 is 0 Å². The lowest BCUT2D eigenvalue weighted by Gasteiger charge is -2.04. The first-order valence-corrected chi connectivity index (χ1v) is 6.25.